The molecule has 0 aliphatic carbocycles. The van der Waals surface area contributed by atoms with Crippen molar-refractivity contribution in [2.24, 2.45) is 0 Å². The van der Waals surface area contributed by atoms with Crippen molar-refractivity contribution in [3.63, 3.8) is 0 Å². The first-order valence-electron chi connectivity index (χ1n) is 5.04. The Balaban J connectivity index is 2.96. The molecule has 0 aliphatic rings. The van der Waals surface area contributed by atoms with Gasteiger partial charge in [0.25, 0.3) is 0 Å². The molecule has 17 heavy (non-hydrogen) atoms. The van der Waals surface area contributed by atoms with Gasteiger partial charge in [0, 0.05) is 5.01 Å². The van der Waals surface area contributed by atoms with E-state index in [1.165, 1.54) is 12.1 Å². The lowest BCUT2D eigenvalue weighted by Crippen LogP contribution is -2.40. The van der Waals surface area contributed by atoms with Gasteiger partial charge in [-0.05, 0) is 32.9 Å². The summed E-state index contributed by atoms with van der Waals surface area (Å²) in [4.78, 5) is 22.5. The number of carbonyl (C=O) groups is 1. The second-order valence-electron chi connectivity index (χ2n) is 4.37. The number of hydrogen-bond acceptors (Lipinski definition) is 4. The summed E-state index contributed by atoms with van der Waals surface area (Å²) in [5, 5.41) is 10.4. The number of ether oxygens (including phenoxy) is 1. The van der Waals surface area contributed by atoms with Crippen LogP contribution in [0.4, 0.5) is 10.5 Å². The Morgan fingerprint density at radius 1 is 1.29 bits per heavy atom. The number of para-hydroxylation sites is 1. The van der Waals surface area contributed by atoms with E-state index in [0.717, 1.165) is 0 Å². The maximum Gasteiger partial charge on any atom is 0.473 e. The molecule has 0 bridgehead atoms. The Morgan fingerprint density at radius 3 is 2.24 bits per heavy atom. The first-order valence-corrected chi connectivity index (χ1v) is 5.04. The van der Waals surface area contributed by atoms with Crippen molar-refractivity contribution >= 4 is 11.8 Å². The van der Waals surface area contributed by atoms with Gasteiger partial charge in [-0.15, -0.1) is 0 Å². The van der Waals surface area contributed by atoms with Crippen molar-refractivity contribution in [2.75, 3.05) is 5.01 Å². The van der Waals surface area contributed by atoms with Crippen LogP contribution >= 0.6 is 0 Å². The van der Waals surface area contributed by atoms with Gasteiger partial charge in [0.1, 0.15) is 11.3 Å². The molecule has 0 heterocycles. The number of nitro groups is 1. The summed E-state index contributed by atoms with van der Waals surface area (Å²) in [6, 6.07) is 7.85. The molecule has 1 aromatic rings. The first kappa shape index (κ1) is 13.0. The third-order valence-electron chi connectivity index (χ3n) is 1.73. The minimum Gasteiger partial charge on any atom is -0.440 e. The topological polar surface area (TPSA) is 72.7 Å². The smallest absolute Gasteiger partial charge is 0.440 e. The highest BCUT2D eigenvalue weighted by atomic mass is 16.7. The van der Waals surface area contributed by atoms with Crippen LogP contribution < -0.4 is 5.01 Å². The Kier molecular flexibility index (Phi) is 3.67. The van der Waals surface area contributed by atoms with E-state index in [2.05, 4.69) is 0 Å². The van der Waals surface area contributed by atoms with E-state index >= 15 is 0 Å². The van der Waals surface area contributed by atoms with Crippen LogP contribution in [0.1, 0.15) is 20.8 Å². The Bertz CT molecular complexity index is 411. The molecule has 1 rings (SSSR count). The largest absolute Gasteiger partial charge is 0.473 e. The molecule has 0 saturated heterocycles. The number of anilines is 1. The average molecular weight is 238 g/mol. The van der Waals surface area contributed by atoms with E-state index in [0.29, 0.717) is 5.01 Å². The molecular weight excluding hydrogens is 224 g/mol. The molecule has 0 saturated carbocycles. The van der Waals surface area contributed by atoms with E-state index in [-0.39, 0.29) is 5.69 Å². The van der Waals surface area contributed by atoms with Crippen LogP contribution in [0.5, 0.6) is 0 Å². The number of benzene rings is 1. The molecule has 0 unspecified atom stereocenters. The van der Waals surface area contributed by atoms with Gasteiger partial charge < -0.3 is 4.74 Å². The molecule has 0 fully saturated rings. The van der Waals surface area contributed by atoms with E-state index in [1.54, 1.807) is 39.0 Å². The lowest BCUT2D eigenvalue weighted by atomic mass is 10.2. The molecular formula is C11H14N2O4. The lowest BCUT2D eigenvalue weighted by Gasteiger charge is -2.21. The molecule has 6 nitrogen and oxygen atoms in total. The van der Waals surface area contributed by atoms with Crippen molar-refractivity contribution in [1.29, 1.82) is 0 Å². The SMILES string of the molecule is CC(C)(C)OC(=O)N(c1ccccc1)[N+](=O)[O-]. The lowest BCUT2D eigenvalue weighted by molar-refractivity contribution is -0.484. The van der Waals surface area contributed by atoms with E-state index in [9.17, 15) is 14.9 Å². The van der Waals surface area contributed by atoms with Gasteiger partial charge in [0.2, 0.25) is 0 Å². The van der Waals surface area contributed by atoms with Crippen LogP contribution in [0.15, 0.2) is 30.3 Å². The van der Waals surface area contributed by atoms with Crippen molar-refractivity contribution < 1.29 is 14.6 Å². The summed E-state index contributed by atoms with van der Waals surface area (Å²) in [5.74, 6) is 0. The minimum absolute atomic E-state index is 0.159. The zero-order valence-corrected chi connectivity index (χ0v) is 9.91. The predicted molar refractivity (Wildman–Crippen MR) is 62.1 cm³/mol. The molecule has 0 aromatic heterocycles. The minimum atomic E-state index is -1.01. The van der Waals surface area contributed by atoms with E-state index in [4.69, 9.17) is 4.74 Å². The zero-order chi connectivity index (χ0) is 13.1. The number of hydrogen-bond donors (Lipinski definition) is 0. The van der Waals surface area contributed by atoms with E-state index < -0.39 is 16.7 Å². The molecule has 92 valence electrons. The molecule has 6 heteroatoms. The summed E-state index contributed by atoms with van der Waals surface area (Å²) in [7, 11) is 0. The van der Waals surface area contributed by atoms with Crippen LogP contribution in [0, 0.1) is 10.1 Å². The molecule has 1 amide bonds. The number of hydrazine groups is 1. The summed E-state index contributed by atoms with van der Waals surface area (Å²) < 4.78 is 4.96. The van der Waals surface area contributed by atoms with E-state index in [1.807, 2.05) is 0 Å². The fourth-order valence-electron chi connectivity index (χ4n) is 1.14. The molecule has 0 spiro atoms. The highest BCUT2D eigenvalue weighted by Crippen LogP contribution is 2.17. The third kappa shape index (κ3) is 3.75. The van der Waals surface area contributed by atoms with Crippen LogP contribution in [-0.4, -0.2) is 16.7 Å². The van der Waals surface area contributed by atoms with Gasteiger partial charge in [0.05, 0.1) is 0 Å². The molecule has 0 radical (unpaired) electrons. The van der Waals surface area contributed by atoms with Crippen molar-refractivity contribution in [3.05, 3.63) is 40.4 Å². The monoisotopic (exact) mass is 238 g/mol. The summed E-state index contributed by atoms with van der Waals surface area (Å²) >= 11 is 0. The van der Waals surface area contributed by atoms with Crippen LogP contribution in [0.25, 0.3) is 0 Å². The zero-order valence-electron chi connectivity index (χ0n) is 9.91. The molecule has 0 atom stereocenters. The average Bonchev–Trinajstić information content (AvgIpc) is 2.15. The Morgan fingerprint density at radius 2 is 1.82 bits per heavy atom. The van der Waals surface area contributed by atoms with Crippen LogP contribution in [0.3, 0.4) is 0 Å². The maximum atomic E-state index is 11.7. The molecule has 0 aliphatic heterocycles. The fourth-order valence-corrected chi connectivity index (χ4v) is 1.14. The first-order chi connectivity index (χ1) is 7.81. The Labute approximate surface area is 98.9 Å². The van der Waals surface area contributed by atoms with Gasteiger partial charge in [-0.2, -0.15) is 0 Å². The standard InChI is InChI=1S/C11H14N2O4/c1-11(2,3)17-10(14)12(13(15)16)9-7-5-4-6-8-9/h4-8H,1-3H3. The van der Waals surface area contributed by atoms with Gasteiger partial charge in [0.15, 0.2) is 5.03 Å². The van der Waals surface area contributed by atoms with Crippen LogP contribution in [-0.2, 0) is 4.74 Å². The predicted octanol–water partition coefficient (Wildman–Crippen LogP) is 2.62. The highest BCUT2D eigenvalue weighted by Gasteiger charge is 2.31. The van der Waals surface area contributed by atoms with Gasteiger partial charge in [-0.3, -0.25) is 0 Å². The second-order valence-corrected chi connectivity index (χ2v) is 4.37. The number of amides is 1. The van der Waals surface area contributed by atoms with Crippen molar-refractivity contribution in [2.45, 2.75) is 26.4 Å². The van der Waals surface area contributed by atoms with Crippen molar-refractivity contribution in [1.82, 2.24) is 0 Å². The highest BCUT2D eigenvalue weighted by molar-refractivity contribution is 5.85. The van der Waals surface area contributed by atoms with Crippen LogP contribution in [0.2, 0.25) is 0 Å². The second kappa shape index (κ2) is 4.82. The number of nitrogens with zero attached hydrogens (tertiary/aromatic N) is 2. The maximum absolute atomic E-state index is 11.7. The molecule has 0 N–H and O–H groups in total. The summed E-state index contributed by atoms with van der Waals surface area (Å²) in [6.45, 7) is 4.94. The number of rotatable bonds is 2. The summed E-state index contributed by atoms with van der Waals surface area (Å²) in [6.07, 6.45) is -1.01. The molecule has 1 aromatic carbocycles. The fraction of sp³-hybridized carbons (Fsp3) is 0.364. The third-order valence-corrected chi connectivity index (χ3v) is 1.73. The normalized spacial score (nSPS) is 10.8. The summed E-state index contributed by atoms with van der Waals surface area (Å²) in [5.41, 5.74) is -0.619. The van der Waals surface area contributed by atoms with Crippen molar-refractivity contribution in [3.8, 4) is 0 Å². The Hall–Kier alpha value is -2.11. The van der Waals surface area contributed by atoms with Gasteiger partial charge >= 0.3 is 6.09 Å². The quantitative estimate of drug-likeness (QED) is 0.586. The number of carbonyl (C=O) groups excluding carboxylic acids is 1. The van der Waals surface area contributed by atoms with Gasteiger partial charge in [-0.25, -0.2) is 14.9 Å². The van der Waals surface area contributed by atoms with Gasteiger partial charge in [-0.1, -0.05) is 18.2 Å².